The number of hydrogen-bond acceptors (Lipinski definition) is 4. The van der Waals surface area contributed by atoms with Gasteiger partial charge in [0.2, 0.25) is 11.8 Å². The van der Waals surface area contributed by atoms with E-state index < -0.39 is 34.3 Å². The van der Waals surface area contributed by atoms with Crippen molar-refractivity contribution < 1.29 is 22.4 Å². The summed E-state index contributed by atoms with van der Waals surface area (Å²) >= 11 is 0. The molecule has 7 nitrogen and oxygen atoms in total. The second kappa shape index (κ2) is 14.9. The van der Waals surface area contributed by atoms with Crippen molar-refractivity contribution in [2.24, 2.45) is 0 Å². The van der Waals surface area contributed by atoms with E-state index in [0.29, 0.717) is 5.69 Å². The van der Waals surface area contributed by atoms with Gasteiger partial charge in [-0.15, -0.1) is 0 Å². The first-order valence-corrected chi connectivity index (χ1v) is 17.5. The highest BCUT2D eigenvalue weighted by molar-refractivity contribution is 7.92. The molecule has 0 spiro atoms. The summed E-state index contributed by atoms with van der Waals surface area (Å²) < 4.78 is 44.7. The Morgan fingerprint density at radius 2 is 1.51 bits per heavy atom. The third-order valence-corrected chi connectivity index (χ3v) is 10.7. The van der Waals surface area contributed by atoms with Gasteiger partial charge in [-0.25, -0.2) is 12.8 Å². The molecule has 2 amide bonds. The summed E-state index contributed by atoms with van der Waals surface area (Å²) in [5, 5.41) is 3.14. The van der Waals surface area contributed by atoms with Gasteiger partial charge in [0.05, 0.1) is 10.6 Å². The van der Waals surface area contributed by atoms with Crippen molar-refractivity contribution >= 4 is 27.5 Å². The molecular formula is C38H42FN3O4S. The zero-order valence-electron chi connectivity index (χ0n) is 27.2. The summed E-state index contributed by atoms with van der Waals surface area (Å²) in [7, 11) is -4.22. The number of carbonyl (C=O) groups is 2. The van der Waals surface area contributed by atoms with Crippen LogP contribution in [-0.4, -0.2) is 43.8 Å². The lowest BCUT2D eigenvalue weighted by molar-refractivity contribution is -0.140. The van der Waals surface area contributed by atoms with Crippen LogP contribution >= 0.6 is 0 Å². The average molecular weight is 656 g/mol. The Labute approximate surface area is 277 Å². The summed E-state index contributed by atoms with van der Waals surface area (Å²) in [5.74, 6) is -1.48. The minimum atomic E-state index is -4.22. The summed E-state index contributed by atoms with van der Waals surface area (Å²) in [6.07, 6.45) is 3.89. The van der Waals surface area contributed by atoms with Gasteiger partial charge < -0.3 is 10.2 Å². The molecule has 1 fully saturated rings. The Hall–Kier alpha value is -4.50. The van der Waals surface area contributed by atoms with Crippen molar-refractivity contribution in [3.05, 3.63) is 131 Å². The van der Waals surface area contributed by atoms with Crippen molar-refractivity contribution in [2.75, 3.05) is 10.8 Å². The maximum absolute atomic E-state index is 15.1. The largest absolute Gasteiger partial charge is 0.352 e. The number of anilines is 1. The first-order chi connectivity index (χ1) is 22.5. The number of halogens is 1. The first-order valence-electron chi connectivity index (χ1n) is 16.1. The molecule has 1 N–H and O–H groups in total. The number of rotatable bonds is 12. The summed E-state index contributed by atoms with van der Waals surface area (Å²) in [6, 6.07) is 26.1. The number of carbonyl (C=O) groups excluding carboxylic acids is 2. The molecule has 4 aromatic carbocycles. The Bertz CT molecular complexity index is 1810. The molecule has 0 unspecified atom stereocenters. The van der Waals surface area contributed by atoms with Crippen molar-refractivity contribution in [1.82, 2.24) is 10.2 Å². The maximum atomic E-state index is 15.1. The average Bonchev–Trinajstić information content (AvgIpc) is 3.57. The van der Waals surface area contributed by atoms with E-state index in [0.717, 1.165) is 52.2 Å². The lowest BCUT2D eigenvalue weighted by Crippen LogP contribution is -2.54. The number of aryl methyl sites for hydroxylation is 3. The number of nitrogens with zero attached hydrogens (tertiary/aromatic N) is 2. The van der Waals surface area contributed by atoms with Crippen LogP contribution in [0, 0.1) is 26.6 Å². The van der Waals surface area contributed by atoms with Gasteiger partial charge in [-0.05, 0) is 80.6 Å². The van der Waals surface area contributed by atoms with E-state index in [1.807, 2.05) is 57.2 Å². The normalized spacial score (nSPS) is 14.0. The number of nitrogens with one attached hydrogen (secondary N) is 1. The molecule has 0 aliphatic heterocycles. The standard InChI is InChI=1S/C38H42FN3O4S/c1-27-17-21-34(22-18-27)47(45,46)42(33-20-19-28(2)29(3)23-33)26-37(43)41(25-31-13-7-10-16-35(31)39)36(24-30-11-5-4-6-12-30)38(44)40-32-14-8-9-15-32/h4-7,10-13,16-23,32,36H,8-9,14-15,24-26H2,1-3H3,(H,40,44)/t36-/m1/s1. The molecule has 246 valence electrons. The minimum Gasteiger partial charge on any atom is -0.352 e. The van der Waals surface area contributed by atoms with E-state index in [1.165, 1.54) is 23.1 Å². The molecule has 0 bridgehead atoms. The topological polar surface area (TPSA) is 86.8 Å². The van der Waals surface area contributed by atoms with E-state index in [4.69, 9.17) is 0 Å². The lowest BCUT2D eigenvalue weighted by Gasteiger charge is -2.34. The Kier molecular flexibility index (Phi) is 10.8. The van der Waals surface area contributed by atoms with Crippen LogP contribution < -0.4 is 9.62 Å². The number of benzene rings is 4. The Morgan fingerprint density at radius 3 is 2.17 bits per heavy atom. The predicted molar refractivity (Wildman–Crippen MR) is 183 cm³/mol. The number of hydrogen-bond donors (Lipinski definition) is 1. The fourth-order valence-corrected chi connectivity index (χ4v) is 7.38. The SMILES string of the molecule is Cc1ccc(S(=O)(=O)N(CC(=O)N(Cc2ccccc2F)[C@H](Cc2ccccc2)C(=O)NC2CCCC2)c2ccc(C)c(C)c2)cc1. The third-order valence-electron chi connectivity index (χ3n) is 8.94. The molecule has 1 saturated carbocycles. The van der Waals surface area contributed by atoms with Gasteiger partial charge in [0.15, 0.2) is 0 Å². The van der Waals surface area contributed by atoms with Crippen LogP contribution in [0.1, 0.15) is 53.5 Å². The molecule has 1 aliphatic rings. The van der Waals surface area contributed by atoms with Crippen LogP contribution in [0.25, 0.3) is 0 Å². The number of sulfonamides is 1. The van der Waals surface area contributed by atoms with Crippen molar-refractivity contribution in [3.63, 3.8) is 0 Å². The van der Waals surface area contributed by atoms with Gasteiger partial charge >= 0.3 is 0 Å². The van der Waals surface area contributed by atoms with Crippen LogP contribution in [0.15, 0.2) is 102 Å². The molecule has 0 aromatic heterocycles. The molecule has 4 aromatic rings. The monoisotopic (exact) mass is 655 g/mol. The van der Waals surface area contributed by atoms with Crippen LogP contribution in [0.2, 0.25) is 0 Å². The van der Waals surface area contributed by atoms with Crippen molar-refractivity contribution in [1.29, 1.82) is 0 Å². The molecule has 5 rings (SSSR count). The smallest absolute Gasteiger partial charge is 0.264 e. The van der Waals surface area contributed by atoms with E-state index >= 15 is 4.39 Å². The van der Waals surface area contributed by atoms with Gasteiger partial charge in [-0.2, -0.15) is 0 Å². The first kappa shape index (κ1) is 33.9. The zero-order valence-corrected chi connectivity index (χ0v) is 28.0. The third kappa shape index (κ3) is 8.27. The van der Waals surface area contributed by atoms with E-state index in [2.05, 4.69) is 5.32 Å². The van der Waals surface area contributed by atoms with Gasteiger partial charge in [0.25, 0.3) is 10.0 Å². The maximum Gasteiger partial charge on any atom is 0.264 e. The highest BCUT2D eigenvalue weighted by atomic mass is 32.2. The summed E-state index contributed by atoms with van der Waals surface area (Å²) in [6.45, 7) is 4.87. The van der Waals surface area contributed by atoms with Gasteiger partial charge in [-0.3, -0.25) is 13.9 Å². The Balaban J connectivity index is 1.58. The molecule has 47 heavy (non-hydrogen) atoms. The van der Waals surface area contributed by atoms with Crippen molar-refractivity contribution in [2.45, 2.75) is 76.4 Å². The van der Waals surface area contributed by atoms with E-state index in [1.54, 1.807) is 42.5 Å². The fourth-order valence-electron chi connectivity index (χ4n) is 5.98. The highest BCUT2D eigenvalue weighted by Crippen LogP contribution is 2.28. The summed E-state index contributed by atoms with van der Waals surface area (Å²) in [4.78, 5) is 30.1. The molecule has 1 atom stereocenters. The zero-order chi connectivity index (χ0) is 33.6. The van der Waals surface area contributed by atoms with Crippen molar-refractivity contribution in [3.8, 4) is 0 Å². The molecule has 0 heterocycles. The van der Waals surface area contributed by atoms with Gasteiger partial charge in [0, 0.05) is 24.6 Å². The summed E-state index contributed by atoms with van der Waals surface area (Å²) in [5.41, 5.74) is 4.10. The lowest BCUT2D eigenvalue weighted by atomic mass is 10.0. The van der Waals surface area contributed by atoms with Crippen LogP contribution in [0.4, 0.5) is 10.1 Å². The highest BCUT2D eigenvalue weighted by Gasteiger charge is 2.36. The van der Waals surface area contributed by atoms with Gasteiger partial charge in [-0.1, -0.05) is 85.1 Å². The minimum absolute atomic E-state index is 0.0138. The van der Waals surface area contributed by atoms with Crippen LogP contribution in [-0.2, 0) is 32.6 Å². The Morgan fingerprint density at radius 1 is 0.851 bits per heavy atom. The van der Waals surface area contributed by atoms with Crippen LogP contribution in [0.3, 0.4) is 0 Å². The number of amides is 2. The van der Waals surface area contributed by atoms with Crippen LogP contribution in [0.5, 0.6) is 0 Å². The van der Waals surface area contributed by atoms with Gasteiger partial charge in [0.1, 0.15) is 18.4 Å². The second-order valence-corrected chi connectivity index (χ2v) is 14.3. The molecular weight excluding hydrogens is 614 g/mol. The predicted octanol–water partition coefficient (Wildman–Crippen LogP) is 6.65. The molecule has 0 radical (unpaired) electrons. The molecule has 0 saturated heterocycles. The van der Waals surface area contributed by atoms with E-state index in [9.17, 15) is 18.0 Å². The quantitative estimate of drug-likeness (QED) is 0.185. The second-order valence-electron chi connectivity index (χ2n) is 12.4. The fraction of sp³-hybridized carbons (Fsp3) is 0.316. The molecule has 1 aliphatic carbocycles. The molecule has 9 heteroatoms. The van der Waals surface area contributed by atoms with E-state index in [-0.39, 0.29) is 35.4 Å².